The number of nitrogens with one attached hydrogen (secondary N) is 1. The van der Waals surface area contributed by atoms with Crippen LogP contribution in [0, 0.1) is 4.91 Å². The molecule has 1 saturated heterocycles. The van der Waals surface area contributed by atoms with Gasteiger partial charge >= 0.3 is 0 Å². The highest BCUT2D eigenvalue weighted by Gasteiger charge is 2.20. The van der Waals surface area contributed by atoms with Crippen LogP contribution in [-0.2, 0) is 4.74 Å². The molecule has 0 aromatic heterocycles. The van der Waals surface area contributed by atoms with Gasteiger partial charge in [0.2, 0.25) is 0 Å². The quantitative estimate of drug-likeness (QED) is 0.682. The van der Waals surface area contributed by atoms with Crippen LogP contribution in [0.2, 0.25) is 0 Å². The molecule has 1 aliphatic heterocycles. The van der Waals surface area contributed by atoms with Crippen LogP contribution in [0.3, 0.4) is 0 Å². The van der Waals surface area contributed by atoms with Crippen molar-refractivity contribution in [3.05, 3.63) is 23.1 Å². The molecule has 5 nitrogen and oxygen atoms in total. The molecule has 2 rings (SSSR count). The molecule has 1 fully saturated rings. The number of hydrogen-bond donors (Lipinski definition) is 2. The van der Waals surface area contributed by atoms with Gasteiger partial charge in [-0.15, -0.1) is 0 Å². The molecule has 15 heavy (non-hydrogen) atoms. The van der Waals surface area contributed by atoms with Gasteiger partial charge in [0.1, 0.15) is 6.10 Å². The maximum atomic E-state index is 10.6. The van der Waals surface area contributed by atoms with Gasteiger partial charge in [-0.1, -0.05) is 0 Å². The summed E-state index contributed by atoms with van der Waals surface area (Å²) in [6.45, 7) is 1.26. The van der Waals surface area contributed by atoms with Gasteiger partial charge in [0, 0.05) is 34.3 Å². The second-order valence-electron chi connectivity index (χ2n) is 3.46. The zero-order valence-electron chi connectivity index (χ0n) is 8.23. The summed E-state index contributed by atoms with van der Waals surface area (Å²) in [5.41, 5.74) is 6.59. The molecule has 0 amide bonds. The molecule has 1 atom stereocenters. The third-order valence-electron chi connectivity index (χ3n) is 2.30. The fraction of sp³-hybridized carbons (Fsp3) is 0.400. The van der Waals surface area contributed by atoms with E-state index in [4.69, 9.17) is 15.2 Å². The third-order valence-corrected chi connectivity index (χ3v) is 2.30. The van der Waals surface area contributed by atoms with Crippen molar-refractivity contribution in [2.75, 3.05) is 18.9 Å². The first-order chi connectivity index (χ1) is 7.29. The molecule has 1 heterocycles. The normalized spacial score (nSPS) is 20.1. The van der Waals surface area contributed by atoms with Gasteiger partial charge in [0.05, 0.1) is 13.2 Å². The first-order valence-electron chi connectivity index (χ1n) is 4.81. The van der Waals surface area contributed by atoms with Crippen LogP contribution in [0.25, 0.3) is 0 Å². The van der Waals surface area contributed by atoms with Crippen LogP contribution in [0.4, 0.5) is 11.4 Å². The van der Waals surface area contributed by atoms with Gasteiger partial charge in [0.15, 0.2) is 5.75 Å². The molecule has 0 radical (unpaired) electrons. The monoisotopic (exact) mass is 209 g/mol. The van der Waals surface area contributed by atoms with E-state index in [9.17, 15) is 4.91 Å². The van der Waals surface area contributed by atoms with E-state index in [1.54, 1.807) is 18.2 Å². The van der Waals surface area contributed by atoms with E-state index in [0.29, 0.717) is 30.3 Å². The Balaban J connectivity index is 2.17. The summed E-state index contributed by atoms with van der Waals surface area (Å²) in [6, 6.07) is 4.89. The molecule has 0 spiro atoms. The molecular formula is C10H13N2O3+. The van der Waals surface area contributed by atoms with Gasteiger partial charge in [-0.2, -0.15) is 0 Å². The Morgan fingerprint density at radius 2 is 2.40 bits per heavy atom. The second kappa shape index (κ2) is 4.27. The first kappa shape index (κ1) is 9.92. The van der Waals surface area contributed by atoms with Crippen molar-refractivity contribution in [1.29, 1.82) is 0 Å². The van der Waals surface area contributed by atoms with Gasteiger partial charge in [-0.25, -0.2) is 0 Å². The van der Waals surface area contributed by atoms with Gasteiger partial charge in [-0.3, -0.25) is 0 Å². The summed E-state index contributed by atoms with van der Waals surface area (Å²) in [6.07, 6.45) is 0.853. The topological polar surface area (TPSA) is 75.5 Å². The maximum absolute atomic E-state index is 10.6. The maximum Gasteiger partial charge on any atom is 0.295 e. The minimum absolute atomic E-state index is 0.0129. The number of ether oxygens (including phenoxy) is 2. The lowest BCUT2D eigenvalue weighted by Crippen LogP contribution is -2.56. The molecule has 80 valence electrons. The average Bonchev–Trinajstić information content (AvgIpc) is 2.71. The zero-order valence-corrected chi connectivity index (χ0v) is 8.23. The lowest BCUT2D eigenvalue weighted by atomic mass is 10.2. The Morgan fingerprint density at radius 3 is 3.07 bits per heavy atom. The number of anilines is 1. The highest BCUT2D eigenvalue weighted by Crippen LogP contribution is 2.25. The fourth-order valence-electron chi connectivity index (χ4n) is 1.51. The lowest BCUT2D eigenvalue weighted by Gasteiger charge is -2.10. The number of nitrogens with two attached hydrogens (primary N) is 1. The Morgan fingerprint density at radius 1 is 1.53 bits per heavy atom. The predicted molar refractivity (Wildman–Crippen MR) is 54.7 cm³/mol. The van der Waals surface area contributed by atoms with E-state index in [2.05, 4.69) is 0 Å². The summed E-state index contributed by atoms with van der Waals surface area (Å²) >= 11 is 0. The second-order valence-corrected chi connectivity index (χ2v) is 3.46. The van der Waals surface area contributed by atoms with E-state index in [-0.39, 0.29) is 6.10 Å². The van der Waals surface area contributed by atoms with Gasteiger partial charge < -0.3 is 15.2 Å². The highest BCUT2D eigenvalue weighted by atomic mass is 16.5. The molecule has 5 heteroatoms. The minimum atomic E-state index is 0.0129. The molecule has 0 unspecified atom stereocenters. The van der Waals surface area contributed by atoms with Crippen molar-refractivity contribution in [2.24, 2.45) is 0 Å². The Labute approximate surface area is 87.1 Å². The number of nitrogen functional groups attached to an aromatic ring is 1. The third kappa shape index (κ3) is 2.24. The van der Waals surface area contributed by atoms with E-state index in [0.717, 1.165) is 6.42 Å². The van der Waals surface area contributed by atoms with Crippen molar-refractivity contribution in [3.63, 3.8) is 0 Å². The standard InChI is InChI=1S/C10H12N2O3/c11-7-1-2-9(12-13)10(5-7)15-8-3-4-14-6-8/h1-2,5,8H,3-4,6,11H2/p+1/t8-/m0/s1. The largest absolute Gasteiger partial charge is 0.481 e. The summed E-state index contributed by atoms with van der Waals surface area (Å²) in [7, 11) is 0. The lowest BCUT2D eigenvalue weighted by molar-refractivity contribution is -0.380. The molecule has 0 saturated carbocycles. The Kier molecular flexibility index (Phi) is 2.82. The number of nitroso groups, excluding NO2 is 1. The van der Waals surface area contributed by atoms with Crippen molar-refractivity contribution in [3.8, 4) is 5.75 Å². The van der Waals surface area contributed by atoms with Crippen LogP contribution < -0.4 is 15.6 Å². The SMILES string of the molecule is Nc1ccc([NH+]=O)c(O[C@H]2CCOC2)c1. The van der Waals surface area contributed by atoms with Gasteiger partial charge in [-0.05, 0) is 6.07 Å². The molecule has 0 bridgehead atoms. The van der Waals surface area contributed by atoms with Crippen LogP contribution in [0.15, 0.2) is 18.2 Å². The molecule has 3 N–H and O–H groups in total. The molecule has 0 aliphatic carbocycles. The van der Waals surface area contributed by atoms with Gasteiger partial charge in [0.25, 0.3) is 5.69 Å². The van der Waals surface area contributed by atoms with E-state index in [1.165, 1.54) is 0 Å². The summed E-state index contributed by atoms with van der Waals surface area (Å²) in [5.74, 6) is 0.487. The first-order valence-corrected chi connectivity index (χ1v) is 4.81. The van der Waals surface area contributed by atoms with E-state index < -0.39 is 0 Å². The molecule has 1 aromatic rings. The molecule has 1 aromatic carbocycles. The Hall–Kier alpha value is -1.62. The summed E-state index contributed by atoms with van der Waals surface area (Å²) in [4.78, 5) is 10.6. The summed E-state index contributed by atoms with van der Waals surface area (Å²) < 4.78 is 10.8. The van der Waals surface area contributed by atoms with Crippen LogP contribution in [0.1, 0.15) is 6.42 Å². The Bertz CT molecular complexity index is 362. The van der Waals surface area contributed by atoms with Crippen molar-refractivity contribution < 1.29 is 14.7 Å². The highest BCUT2D eigenvalue weighted by molar-refractivity contribution is 5.55. The minimum Gasteiger partial charge on any atom is -0.481 e. The number of hydrogen-bond acceptors (Lipinski definition) is 4. The average molecular weight is 209 g/mol. The van der Waals surface area contributed by atoms with Crippen molar-refractivity contribution in [1.82, 2.24) is 0 Å². The smallest absolute Gasteiger partial charge is 0.295 e. The fourth-order valence-corrected chi connectivity index (χ4v) is 1.51. The van der Waals surface area contributed by atoms with Crippen LogP contribution in [0.5, 0.6) is 5.75 Å². The van der Waals surface area contributed by atoms with E-state index >= 15 is 0 Å². The zero-order chi connectivity index (χ0) is 10.7. The number of benzene rings is 1. The van der Waals surface area contributed by atoms with Crippen LogP contribution in [-0.4, -0.2) is 19.3 Å². The molecular weight excluding hydrogens is 196 g/mol. The van der Waals surface area contributed by atoms with E-state index in [1.807, 2.05) is 5.18 Å². The summed E-state index contributed by atoms with van der Waals surface area (Å²) in [5, 5.41) is 1.83. The van der Waals surface area contributed by atoms with Crippen LogP contribution >= 0.6 is 0 Å². The number of rotatable bonds is 3. The van der Waals surface area contributed by atoms with Crippen molar-refractivity contribution >= 4 is 11.4 Å². The predicted octanol–water partition coefficient (Wildman–Crippen LogP) is -0.0850. The van der Waals surface area contributed by atoms with Crippen molar-refractivity contribution in [2.45, 2.75) is 12.5 Å². The molecule has 1 aliphatic rings.